The van der Waals surface area contributed by atoms with E-state index in [0.29, 0.717) is 11.7 Å². The summed E-state index contributed by atoms with van der Waals surface area (Å²) in [7, 11) is 0. The summed E-state index contributed by atoms with van der Waals surface area (Å²) < 4.78 is 13.4. The minimum absolute atomic E-state index is 0.179. The van der Waals surface area contributed by atoms with E-state index in [1.165, 1.54) is 25.0 Å². The van der Waals surface area contributed by atoms with Crippen LogP contribution in [0, 0.1) is 15.9 Å². The third kappa shape index (κ3) is 2.60. The SMILES string of the molecule is CCN(c1cc(F)cc([N+](=O)[O-])c1)C1CCCC1. The molecule has 2 rings (SSSR count). The fourth-order valence-electron chi connectivity index (χ4n) is 2.70. The number of rotatable bonds is 4. The van der Waals surface area contributed by atoms with Crippen LogP contribution in [0.1, 0.15) is 32.6 Å². The van der Waals surface area contributed by atoms with Gasteiger partial charge >= 0.3 is 0 Å². The van der Waals surface area contributed by atoms with E-state index in [0.717, 1.165) is 25.5 Å². The van der Waals surface area contributed by atoms with E-state index in [1.54, 1.807) is 0 Å². The Labute approximate surface area is 106 Å². The van der Waals surface area contributed by atoms with E-state index in [1.807, 2.05) is 6.92 Å². The van der Waals surface area contributed by atoms with E-state index >= 15 is 0 Å². The second kappa shape index (κ2) is 5.33. The number of nitrogens with zero attached hydrogens (tertiary/aromatic N) is 2. The Morgan fingerprint density at radius 3 is 2.61 bits per heavy atom. The van der Waals surface area contributed by atoms with Crippen LogP contribution in [-0.2, 0) is 0 Å². The quantitative estimate of drug-likeness (QED) is 0.608. The average Bonchev–Trinajstić information content (AvgIpc) is 2.83. The Morgan fingerprint density at radius 2 is 2.06 bits per heavy atom. The van der Waals surface area contributed by atoms with Crippen molar-refractivity contribution in [2.24, 2.45) is 0 Å². The first-order valence-electron chi connectivity index (χ1n) is 6.33. The van der Waals surface area contributed by atoms with Crippen molar-refractivity contribution in [3.63, 3.8) is 0 Å². The van der Waals surface area contributed by atoms with E-state index in [-0.39, 0.29) is 5.69 Å². The Bertz CT molecular complexity index is 445. The minimum Gasteiger partial charge on any atom is -0.369 e. The summed E-state index contributed by atoms with van der Waals surface area (Å²) >= 11 is 0. The maximum atomic E-state index is 13.4. The lowest BCUT2D eigenvalue weighted by molar-refractivity contribution is -0.385. The van der Waals surface area contributed by atoms with Crippen LogP contribution in [-0.4, -0.2) is 17.5 Å². The maximum Gasteiger partial charge on any atom is 0.274 e. The van der Waals surface area contributed by atoms with Gasteiger partial charge in [-0.15, -0.1) is 0 Å². The van der Waals surface area contributed by atoms with Crippen LogP contribution in [0.4, 0.5) is 15.8 Å². The molecule has 1 aromatic carbocycles. The summed E-state index contributed by atoms with van der Waals surface area (Å²) in [5, 5.41) is 10.8. The number of nitro benzene ring substituents is 1. The van der Waals surface area contributed by atoms with E-state index in [4.69, 9.17) is 0 Å². The predicted molar refractivity (Wildman–Crippen MR) is 68.3 cm³/mol. The van der Waals surface area contributed by atoms with Gasteiger partial charge in [0.2, 0.25) is 0 Å². The van der Waals surface area contributed by atoms with Crippen molar-refractivity contribution in [2.45, 2.75) is 38.6 Å². The summed E-state index contributed by atoms with van der Waals surface area (Å²) in [5.74, 6) is -0.546. The van der Waals surface area contributed by atoms with Crippen LogP contribution >= 0.6 is 0 Å². The molecule has 0 amide bonds. The zero-order valence-electron chi connectivity index (χ0n) is 10.4. The van der Waals surface area contributed by atoms with Gasteiger partial charge in [-0.25, -0.2) is 4.39 Å². The highest BCUT2D eigenvalue weighted by molar-refractivity contribution is 5.54. The third-order valence-electron chi connectivity index (χ3n) is 3.52. The fourth-order valence-corrected chi connectivity index (χ4v) is 2.70. The Morgan fingerprint density at radius 1 is 1.39 bits per heavy atom. The zero-order chi connectivity index (χ0) is 13.1. The largest absolute Gasteiger partial charge is 0.369 e. The number of nitro groups is 1. The molecule has 1 fully saturated rings. The molecule has 0 saturated heterocycles. The monoisotopic (exact) mass is 252 g/mol. The van der Waals surface area contributed by atoms with Gasteiger partial charge in [-0.1, -0.05) is 12.8 Å². The van der Waals surface area contributed by atoms with Crippen LogP contribution < -0.4 is 4.90 Å². The van der Waals surface area contributed by atoms with E-state index in [9.17, 15) is 14.5 Å². The van der Waals surface area contributed by atoms with Crippen LogP contribution in [0.15, 0.2) is 18.2 Å². The number of halogens is 1. The van der Waals surface area contributed by atoms with Gasteiger partial charge in [0.15, 0.2) is 0 Å². The molecule has 5 heteroatoms. The number of non-ortho nitro benzene ring substituents is 1. The van der Waals surface area contributed by atoms with Crippen LogP contribution in [0.3, 0.4) is 0 Å². The van der Waals surface area contributed by atoms with E-state index < -0.39 is 10.7 Å². The molecule has 0 N–H and O–H groups in total. The van der Waals surface area contributed by atoms with Gasteiger partial charge in [0.1, 0.15) is 5.82 Å². The molecule has 98 valence electrons. The highest BCUT2D eigenvalue weighted by Crippen LogP contribution is 2.30. The van der Waals surface area contributed by atoms with Gasteiger partial charge in [-0.3, -0.25) is 10.1 Å². The molecule has 1 saturated carbocycles. The molecule has 4 nitrogen and oxygen atoms in total. The van der Waals surface area contributed by atoms with Crippen molar-refractivity contribution in [3.05, 3.63) is 34.1 Å². The van der Waals surface area contributed by atoms with Crippen molar-refractivity contribution in [1.82, 2.24) is 0 Å². The molecular formula is C13H17FN2O2. The van der Waals surface area contributed by atoms with Gasteiger partial charge in [0, 0.05) is 24.3 Å². The lowest BCUT2D eigenvalue weighted by Gasteiger charge is -2.29. The summed E-state index contributed by atoms with van der Waals surface area (Å²) in [6, 6.07) is 4.20. The van der Waals surface area contributed by atoms with Gasteiger partial charge < -0.3 is 4.90 Å². The van der Waals surface area contributed by atoms with Crippen molar-refractivity contribution >= 4 is 11.4 Å². The summed E-state index contributed by atoms with van der Waals surface area (Å²) in [6.45, 7) is 2.74. The summed E-state index contributed by atoms with van der Waals surface area (Å²) in [4.78, 5) is 12.3. The number of benzene rings is 1. The van der Waals surface area contributed by atoms with Gasteiger partial charge in [-0.2, -0.15) is 0 Å². The fraction of sp³-hybridized carbons (Fsp3) is 0.538. The first-order chi connectivity index (χ1) is 8.61. The molecular weight excluding hydrogens is 235 g/mol. The van der Waals surface area contributed by atoms with Crippen molar-refractivity contribution in [2.75, 3.05) is 11.4 Å². The van der Waals surface area contributed by atoms with Gasteiger partial charge in [-0.05, 0) is 25.8 Å². The molecule has 1 aliphatic rings. The van der Waals surface area contributed by atoms with Gasteiger partial charge in [0.25, 0.3) is 5.69 Å². The van der Waals surface area contributed by atoms with Crippen LogP contribution in [0.5, 0.6) is 0 Å². The maximum absolute atomic E-state index is 13.4. The van der Waals surface area contributed by atoms with Gasteiger partial charge in [0.05, 0.1) is 11.0 Å². The normalized spacial score (nSPS) is 15.9. The lowest BCUT2D eigenvalue weighted by atomic mass is 10.1. The van der Waals surface area contributed by atoms with Crippen LogP contribution in [0.2, 0.25) is 0 Å². The standard InChI is InChI=1S/C13H17FN2O2/c1-2-15(11-5-3-4-6-11)12-7-10(14)8-13(9-12)16(17)18/h7-9,11H,2-6H2,1H3. The van der Waals surface area contributed by atoms with Crippen molar-refractivity contribution in [3.8, 4) is 0 Å². The molecule has 0 unspecified atom stereocenters. The topological polar surface area (TPSA) is 46.4 Å². The Hall–Kier alpha value is -1.65. The average molecular weight is 252 g/mol. The molecule has 0 spiro atoms. The van der Waals surface area contributed by atoms with Crippen molar-refractivity contribution < 1.29 is 9.31 Å². The van der Waals surface area contributed by atoms with Crippen molar-refractivity contribution in [1.29, 1.82) is 0 Å². The van der Waals surface area contributed by atoms with Crippen LogP contribution in [0.25, 0.3) is 0 Å². The highest BCUT2D eigenvalue weighted by atomic mass is 19.1. The first kappa shape index (κ1) is 12.8. The number of anilines is 1. The number of hydrogen-bond donors (Lipinski definition) is 0. The molecule has 0 aromatic heterocycles. The minimum atomic E-state index is -0.547. The molecule has 1 aromatic rings. The molecule has 0 bridgehead atoms. The number of hydrogen-bond acceptors (Lipinski definition) is 3. The molecule has 0 radical (unpaired) electrons. The second-order valence-electron chi connectivity index (χ2n) is 4.65. The zero-order valence-corrected chi connectivity index (χ0v) is 10.4. The Kier molecular flexibility index (Phi) is 3.79. The third-order valence-corrected chi connectivity index (χ3v) is 3.52. The summed E-state index contributed by atoms with van der Waals surface area (Å²) in [5.41, 5.74) is 0.442. The molecule has 1 aliphatic carbocycles. The predicted octanol–water partition coefficient (Wildman–Crippen LogP) is 3.50. The molecule has 18 heavy (non-hydrogen) atoms. The molecule has 0 aliphatic heterocycles. The Balaban J connectivity index is 2.32. The molecule has 0 atom stereocenters. The summed E-state index contributed by atoms with van der Waals surface area (Å²) in [6.07, 6.45) is 4.52. The van der Waals surface area contributed by atoms with E-state index in [2.05, 4.69) is 4.90 Å². The second-order valence-corrected chi connectivity index (χ2v) is 4.65. The molecule has 0 heterocycles. The lowest BCUT2D eigenvalue weighted by Crippen LogP contribution is -2.33. The first-order valence-corrected chi connectivity index (χ1v) is 6.33. The smallest absolute Gasteiger partial charge is 0.274 e. The highest BCUT2D eigenvalue weighted by Gasteiger charge is 2.23.